The van der Waals surface area contributed by atoms with Gasteiger partial charge in [0, 0.05) is 19.5 Å². The smallest absolute Gasteiger partial charge is 0.305 e. The lowest BCUT2D eigenvalue weighted by atomic mass is 10.1. The van der Waals surface area contributed by atoms with Gasteiger partial charge < -0.3 is 9.73 Å². The number of nitro benzene ring substituents is 1. The monoisotopic (exact) mass is 265 g/mol. The third kappa shape index (κ3) is 2.45. The number of benzene rings is 1. The van der Waals surface area contributed by atoms with E-state index in [1.807, 2.05) is 0 Å². The quantitative estimate of drug-likeness (QED) is 0.678. The molecule has 0 bridgehead atoms. The Hall–Kier alpha value is -2.28. The van der Waals surface area contributed by atoms with Crippen LogP contribution in [0.3, 0.4) is 0 Å². The van der Waals surface area contributed by atoms with Gasteiger partial charge in [0.15, 0.2) is 11.7 Å². The average molecular weight is 265 g/mol. The van der Waals surface area contributed by atoms with Crippen molar-refractivity contribution in [2.24, 2.45) is 0 Å². The predicted octanol–water partition coefficient (Wildman–Crippen LogP) is 2.42. The van der Waals surface area contributed by atoms with Crippen LogP contribution in [0.1, 0.15) is 11.6 Å². The van der Waals surface area contributed by atoms with E-state index in [2.05, 4.69) is 10.3 Å². The molecular weight excluding hydrogens is 253 g/mol. The van der Waals surface area contributed by atoms with Crippen LogP contribution >= 0.6 is 0 Å². The third-order valence-corrected chi connectivity index (χ3v) is 2.57. The highest BCUT2D eigenvalue weighted by atomic mass is 19.1. The molecule has 6 nitrogen and oxygen atoms in total. The molecule has 0 amide bonds. The Morgan fingerprint density at radius 2 is 2.26 bits per heavy atom. The summed E-state index contributed by atoms with van der Waals surface area (Å²) in [6.07, 6.45) is 0. The van der Waals surface area contributed by atoms with Gasteiger partial charge in [0.05, 0.1) is 10.5 Å². The van der Waals surface area contributed by atoms with Crippen molar-refractivity contribution < 1.29 is 13.7 Å². The van der Waals surface area contributed by atoms with Gasteiger partial charge in [-0.2, -0.15) is 4.39 Å². The summed E-state index contributed by atoms with van der Waals surface area (Å²) >= 11 is 0. The van der Waals surface area contributed by atoms with Gasteiger partial charge in [-0.05, 0) is 13.1 Å². The highest BCUT2D eigenvalue weighted by molar-refractivity contribution is 5.64. The molecule has 7 heteroatoms. The first kappa shape index (κ1) is 13.2. The lowest BCUT2D eigenvalue weighted by molar-refractivity contribution is -0.387. The summed E-state index contributed by atoms with van der Waals surface area (Å²) in [6.45, 7) is 2.02. The number of nitro groups is 1. The van der Waals surface area contributed by atoms with Crippen molar-refractivity contribution in [3.63, 3.8) is 0 Å². The number of nitrogens with zero attached hydrogens (tertiary/aromatic N) is 2. The fourth-order valence-corrected chi connectivity index (χ4v) is 1.80. The molecule has 1 N–H and O–H groups in total. The average Bonchev–Trinajstić information content (AvgIpc) is 2.70. The zero-order valence-electron chi connectivity index (χ0n) is 10.4. The number of aromatic nitrogens is 1. The van der Waals surface area contributed by atoms with Crippen molar-refractivity contribution in [3.05, 3.63) is 45.7 Å². The van der Waals surface area contributed by atoms with Crippen LogP contribution in [-0.4, -0.2) is 17.0 Å². The fourth-order valence-electron chi connectivity index (χ4n) is 1.80. The van der Waals surface area contributed by atoms with Gasteiger partial charge in [-0.15, -0.1) is 0 Å². The molecule has 0 aliphatic heterocycles. The lowest BCUT2D eigenvalue weighted by Gasteiger charge is -2.02. The second-order valence-corrected chi connectivity index (χ2v) is 3.93. The van der Waals surface area contributed by atoms with Crippen molar-refractivity contribution in [1.82, 2.24) is 10.3 Å². The lowest BCUT2D eigenvalue weighted by Crippen LogP contribution is -2.06. The number of oxazole rings is 1. The molecule has 0 aliphatic rings. The Balaban J connectivity index is 2.59. The van der Waals surface area contributed by atoms with Gasteiger partial charge in [-0.3, -0.25) is 10.1 Å². The molecule has 100 valence electrons. The topological polar surface area (TPSA) is 81.2 Å². The minimum atomic E-state index is -0.916. The normalized spacial score (nSPS) is 10.7. The van der Waals surface area contributed by atoms with Gasteiger partial charge in [-0.25, -0.2) is 4.98 Å². The molecule has 2 aromatic rings. The molecule has 0 fully saturated rings. The summed E-state index contributed by atoms with van der Waals surface area (Å²) in [5, 5.41) is 13.6. The molecule has 0 unspecified atom stereocenters. The molecule has 0 saturated carbocycles. The van der Waals surface area contributed by atoms with Gasteiger partial charge >= 0.3 is 5.69 Å². The van der Waals surface area contributed by atoms with Crippen LogP contribution in [0.25, 0.3) is 11.3 Å². The molecule has 19 heavy (non-hydrogen) atoms. The van der Waals surface area contributed by atoms with E-state index in [0.29, 0.717) is 18.1 Å². The van der Waals surface area contributed by atoms with Crippen molar-refractivity contribution in [2.45, 2.75) is 13.5 Å². The molecular formula is C12H12FN3O3. The van der Waals surface area contributed by atoms with Gasteiger partial charge in [-0.1, -0.05) is 6.07 Å². The Bertz CT molecular complexity index is 625. The number of aryl methyl sites for hydroxylation is 1. The summed E-state index contributed by atoms with van der Waals surface area (Å²) in [6, 6.07) is 3.96. The predicted molar refractivity (Wildman–Crippen MR) is 66.1 cm³/mol. The largest absolute Gasteiger partial charge is 0.441 e. The fraction of sp³-hybridized carbons (Fsp3) is 0.250. The first-order chi connectivity index (χ1) is 9.04. The van der Waals surface area contributed by atoms with E-state index < -0.39 is 16.4 Å². The highest BCUT2D eigenvalue weighted by Gasteiger charge is 2.23. The van der Waals surface area contributed by atoms with Crippen LogP contribution < -0.4 is 5.32 Å². The second-order valence-electron chi connectivity index (χ2n) is 3.93. The van der Waals surface area contributed by atoms with E-state index in [0.717, 1.165) is 6.07 Å². The maximum absolute atomic E-state index is 14.1. The number of hydrogen-bond acceptors (Lipinski definition) is 5. The van der Waals surface area contributed by atoms with E-state index in [1.54, 1.807) is 14.0 Å². The first-order valence-electron chi connectivity index (χ1n) is 5.58. The standard InChI is InChI=1S/C12H12FN3O3/c1-7-15-9(6-14-2)12(19-7)8-4-3-5-10(11(8)13)16(17)18/h3-5,14H,6H2,1-2H3. The number of halogens is 1. The Labute approximate surface area is 108 Å². The number of hydrogen-bond donors (Lipinski definition) is 1. The van der Waals surface area contributed by atoms with Gasteiger partial charge in [0.25, 0.3) is 0 Å². The Kier molecular flexibility index (Phi) is 3.57. The summed E-state index contributed by atoms with van der Waals surface area (Å²) in [5.74, 6) is -0.319. The summed E-state index contributed by atoms with van der Waals surface area (Å²) in [5.41, 5.74) is -0.0265. The van der Waals surface area contributed by atoms with E-state index >= 15 is 0 Å². The molecule has 1 aromatic carbocycles. The highest BCUT2D eigenvalue weighted by Crippen LogP contribution is 2.31. The van der Waals surface area contributed by atoms with E-state index in [1.165, 1.54) is 12.1 Å². The number of rotatable bonds is 4. The van der Waals surface area contributed by atoms with Gasteiger partial charge in [0.1, 0.15) is 5.69 Å². The zero-order chi connectivity index (χ0) is 14.0. The summed E-state index contributed by atoms with van der Waals surface area (Å²) < 4.78 is 19.4. The van der Waals surface area contributed by atoms with Crippen molar-refractivity contribution in [2.75, 3.05) is 7.05 Å². The van der Waals surface area contributed by atoms with Crippen LogP contribution in [0, 0.1) is 22.9 Å². The van der Waals surface area contributed by atoms with Gasteiger partial charge in [0.2, 0.25) is 5.82 Å². The van der Waals surface area contributed by atoms with Crippen LogP contribution in [0.5, 0.6) is 0 Å². The van der Waals surface area contributed by atoms with Crippen LogP contribution in [0.15, 0.2) is 22.6 Å². The molecule has 2 rings (SSSR count). The minimum absolute atomic E-state index is 0.0417. The van der Waals surface area contributed by atoms with Crippen LogP contribution in [0.4, 0.5) is 10.1 Å². The molecule has 0 aliphatic carbocycles. The van der Waals surface area contributed by atoms with Crippen molar-refractivity contribution in [1.29, 1.82) is 0 Å². The Morgan fingerprint density at radius 3 is 2.89 bits per heavy atom. The maximum Gasteiger partial charge on any atom is 0.305 e. The van der Waals surface area contributed by atoms with E-state index in [-0.39, 0.29) is 11.3 Å². The minimum Gasteiger partial charge on any atom is -0.441 e. The second kappa shape index (κ2) is 5.15. The van der Waals surface area contributed by atoms with Crippen molar-refractivity contribution >= 4 is 5.69 Å². The molecule has 0 spiro atoms. The van der Waals surface area contributed by atoms with E-state index in [9.17, 15) is 14.5 Å². The Morgan fingerprint density at radius 1 is 1.53 bits per heavy atom. The molecule has 1 aromatic heterocycles. The molecule has 1 heterocycles. The van der Waals surface area contributed by atoms with E-state index in [4.69, 9.17) is 4.42 Å². The zero-order valence-corrected chi connectivity index (χ0v) is 10.4. The molecule has 0 radical (unpaired) electrons. The molecule has 0 atom stereocenters. The molecule has 0 saturated heterocycles. The summed E-state index contributed by atoms with van der Waals surface area (Å²) in [7, 11) is 1.72. The first-order valence-corrected chi connectivity index (χ1v) is 5.58. The van der Waals surface area contributed by atoms with Crippen LogP contribution in [0.2, 0.25) is 0 Å². The SMILES string of the molecule is CNCc1nc(C)oc1-c1cccc([N+](=O)[O-])c1F. The van der Waals surface area contributed by atoms with Crippen LogP contribution in [-0.2, 0) is 6.54 Å². The third-order valence-electron chi connectivity index (χ3n) is 2.57. The van der Waals surface area contributed by atoms with Crippen molar-refractivity contribution in [3.8, 4) is 11.3 Å². The number of nitrogens with one attached hydrogen (secondary N) is 1. The maximum atomic E-state index is 14.1. The summed E-state index contributed by atoms with van der Waals surface area (Å²) in [4.78, 5) is 14.1.